The predicted octanol–water partition coefficient (Wildman–Crippen LogP) is 3.86. The Morgan fingerprint density at radius 3 is 2.14 bits per heavy atom. The molecule has 1 aliphatic rings. The van der Waals surface area contributed by atoms with E-state index in [-0.39, 0.29) is 5.56 Å². The van der Waals surface area contributed by atoms with Gasteiger partial charge in [0, 0.05) is 11.3 Å². The number of nitrogens with zero attached hydrogens (tertiary/aromatic N) is 5. The fraction of sp³-hybridized carbons (Fsp3) is 0.100. The van der Waals surface area contributed by atoms with E-state index in [2.05, 4.69) is 20.7 Å². The van der Waals surface area contributed by atoms with Crippen molar-refractivity contribution in [3.63, 3.8) is 0 Å². The standard InChI is InChI=1S/C20H15N5O3/c1-12-16(13-8-4-2-5-9-13)25(14-10-6-3-7-11-14)20(28)15(17(12)26)18(27)19-21-23-24-22-19/h2-11,19,26H,1H3. The Bertz CT molecular complexity index is 1160. The van der Waals surface area contributed by atoms with Crippen LogP contribution in [0.1, 0.15) is 15.9 Å². The SMILES string of the molecule is Cc1c(O)c(C(=O)C2N=NN=N2)c(=O)n(-c2ccccc2)c1-c1ccccc1. The van der Waals surface area contributed by atoms with Gasteiger partial charge in [0.2, 0.25) is 11.9 Å². The summed E-state index contributed by atoms with van der Waals surface area (Å²) in [5, 5.41) is 24.5. The highest BCUT2D eigenvalue weighted by Gasteiger charge is 2.31. The first-order chi connectivity index (χ1) is 13.6. The van der Waals surface area contributed by atoms with Crippen LogP contribution in [-0.4, -0.2) is 21.6 Å². The number of Topliss-reactive ketones (excluding diaryl/α,β-unsaturated/α-hetero) is 1. The maximum atomic E-state index is 13.4. The van der Waals surface area contributed by atoms with Crippen molar-refractivity contribution in [3.8, 4) is 22.7 Å². The summed E-state index contributed by atoms with van der Waals surface area (Å²) in [6.07, 6.45) is -1.26. The van der Waals surface area contributed by atoms with Crippen LogP contribution in [0.2, 0.25) is 0 Å². The maximum Gasteiger partial charge on any atom is 0.270 e. The molecule has 3 aromatic rings. The summed E-state index contributed by atoms with van der Waals surface area (Å²) in [5.41, 5.74) is 1.15. The van der Waals surface area contributed by atoms with Crippen molar-refractivity contribution in [1.82, 2.24) is 4.57 Å². The fourth-order valence-electron chi connectivity index (χ4n) is 3.17. The summed E-state index contributed by atoms with van der Waals surface area (Å²) in [5.74, 6) is -1.14. The van der Waals surface area contributed by atoms with Crippen LogP contribution in [0.5, 0.6) is 5.75 Å². The fourth-order valence-corrected chi connectivity index (χ4v) is 3.17. The lowest BCUT2D eigenvalue weighted by Crippen LogP contribution is -2.31. The Hall–Kier alpha value is -3.94. The van der Waals surface area contributed by atoms with Crippen molar-refractivity contribution in [1.29, 1.82) is 0 Å². The lowest BCUT2D eigenvalue weighted by molar-refractivity contribution is 0.0959. The minimum absolute atomic E-state index is 0.383. The van der Waals surface area contributed by atoms with E-state index >= 15 is 0 Å². The van der Waals surface area contributed by atoms with Crippen molar-refractivity contribution in [2.24, 2.45) is 20.7 Å². The molecular formula is C20H15N5O3. The highest BCUT2D eigenvalue weighted by molar-refractivity contribution is 6.03. The van der Waals surface area contributed by atoms with Crippen LogP contribution >= 0.6 is 0 Å². The number of hydrogen-bond acceptors (Lipinski definition) is 7. The van der Waals surface area contributed by atoms with Crippen LogP contribution in [-0.2, 0) is 0 Å². The Labute approximate surface area is 159 Å². The predicted molar refractivity (Wildman–Crippen MR) is 102 cm³/mol. The van der Waals surface area contributed by atoms with Crippen molar-refractivity contribution >= 4 is 5.78 Å². The first kappa shape index (κ1) is 17.5. The Morgan fingerprint density at radius 1 is 0.964 bits per heavy atom. The number of aromatic nitrogens is 1. The minimum Gasteiger partial charge on any atom is -0.507 e. The molecule has 1 N–H and O–H groups in total. The second kappa shape index (κ2) is 6.99. The summed E-state index contributed by atoms with van der Waals surface area (Å²) in [6, 6.07) is 18.1. The zero-order chi connectivity index (χ0) is 19.7. The van der Waals surface area contributed by atoms with E-state index in [1.807, 2.05) is 36.4 Å². The van der Waals surface area contributed by atoms with Gasteiger partial charge in [-0.25, -0.2) is 0 Å². The maximum absolute atomic E-state index is 13.4. The van der Waals surface area contributed by atoms with E-state index in [4.69, 9.17) is 0 Å². The number of carbonyl (C=O) groups excluding carboxylic acids is 1. The Kier molecular flexibility index (Phi) is 4.36. The summed E-state index contributed by atoms with van der Waals surface area (Å²) in [7, 11) is 0. The lowest BCUT2D eigenvalue weighted by Gasteiger charge is -2.19. The molecule has 1 aliphatic heterocycles. The van der Waals surface area contributed by atoms with Gasteiger partial charge >= 0.3 is 0 Å². The average molecular weight is 373 g/mol. The van der Waals surface area contributed by atoms with Gasteiger partial charge in [-0.15, -0.1) is 10.2 Å². The molecule has 2 aromatic carbocycles. The molecule has 0 fully saturated rings. The van der Waals surface area contributed by atoms with Gasteiger partial charge < -0.3 is 5.11 Å². The summed E-state index contributed by atoms with van der Waals surface area (Å²) < 4.78 is 1.42. The number of pyridine rings is 1. The van der Waals surface area contributed by atoms with Crippen LogP contribution in [0, 0.1) is 6.92 Å². The highest BCUT2D eigenvalue weighted by Crippen LogP contribution is 2.33. The van der Waals surface area contributed by atoms with E-state index in [0.29, 0.717) is 16.9 Å². The van der Waals surface area contributed by atoms with E-state index in [9.17, 15) is 14.7 Å². The Balaban J connectivity index is 2.06. The molecule has 0 radical (unpaired) electrons. The first-order valence-corrected chi connectivity index (χ1v) is 8.53. The van der Waals surface area contributed by atoms with Crippen LogP contribution < -0.4 is 5.56 Å². The number of hydrogen-bond donors (Lipinski definition) is 1. The normalized spacial score (nSPS) is 13.2. The molecule has 0 saturated heterocycles. The topological polar surface area (TPSA) is 109 Å². The van der Waals surface area contributed by atoms with Gasteiger partial charge in [-0.3, -0.25) is 14.2 Å². The summed E-state index contributed by atoms with van der Waals surface area (Å²) in [4.78, 5) is 26.2. The molecule has 0 aliphatic carbocycles. The summed E-state index contributed by atoms with van der Waals surface area (Å²) >= 11 is 0. The molecule has 0 saturated carbocycles. The van der Waals surface area contributed by atoms with Gasteiger partial charge in [-0.1, -0.05) is 48.5 Å². The molecule has 2 heterocycles. The van der Waals surface area contributed by atoms with Crippen molar-refractivity contribution < 1.29 is 9.90 Å². The third-order valence-corrected chi connectivity index (χ3v) is 4.49. The van der Waals surface area contributed by atoms with E-state index < -0.39 is 23.3 Å². The zero-order valence-corrected chi connectivity index (χ0v) is 14.9. The number of ketones is 1. The quantitative estimate of drug-likeness (QED) is 0.701. The monoisotopic (exact) mass is 373 g/mol. The minimum atomic E-state index is -1.26. The third-order valence-electron chi connectivity index (χ3n) is 4.49. The molecule has 0 unspecified atom stereocenters. The lowest BCUT2D eigenvalue weighted by atomic mass is 9.99. The number of aromatic hydroxyl groups is 1. The van der Waals surface area contributed by atoms with Crippen LogP contribution in [0.3, 0.4) is 0 Å². The Morgan fingerprint density at radius 2 is 1.54 bits per heavy atom. The van der Waals surface area contributed by atoms with E-state index in [1.54, 1.807) is 31.2 Å². The number of rotatable bonds is 4. The molecule has 0 spiro atoms. The van der Waals surface area contributed by atoms with Crippen LogP contribution in [0.15, 0.2) is 86.1 Å². The molecule has 28 heavy (non-hydrogen) atoms. The van der Waals surface area contributed by atoms with Gasteiger partial charge in [0.1, 0.15) is 11.3 Å². The number of para-hydroxylation sites is 1. The summed E-state index contributed by atoms with van der Waals surface area (Å²) in [6.45, 7) is 1.66. The number of carbonyl (C=O) groups is 1. The first-order valence-electron chi connectivity index (χ1n) is 8.53. The second-order valence-electron chi connectivity index (χ2n) is 6.19. The molecule has 138 valence electrons. The zero-order valence-electron chi connectivity index (χ0n) is 14.9. The van der Waals surface area contributed by atoms with Crippen molar-refractivity contribution in [2.75, 3.05) is 0 Å². The molecule has 8 heteroatoms. The average Bonchev–Trinajstić information content (AvgIpc) is 3.27. The largest absolute Gasteiger partial charge is 0.507 e. The molecule has 4 rings (SSSR count). The molecule has 1 aromatic heterocycles. The van der Waals surface area contributed by atoms with Crippen LogP contribution in [0.4, 0.5) is 0 Å². The highest BCUT2D eigenvalue weighted by atomic mass is 16.3. The molecule has 0 amide bonds. The third kappa shape index (κ3) is 2.81. The van der Waals surface area contributed by atoms with E-state index in [0.717, 1.165) is 5.56 Å². The van der Waals surface area contributed by atoms with Gasteiger partial charge in [-0.05, 0) is 35.1 Å². The molecular weight excluding hydrogens is 358 g/mol. The second-order valence-corrected chi connectivity index (χ2v) is 6.19. The smallest absolute Gasteiger partial charge is 0.270 e. The van der Waals surface area contributed by atoms with Crippen molar-refractivity contribution in [2.45, 2.75) is 13.1 Å². The van der Waals surface area contributed by atoms with Gasteiger partial charge in [0.05, 0.1) is 5.69 Å². The number of benzene rings is 2. The molecule has 0 bridgehead atoms. The molecule has 8 nitrogen and oxygen atoms in total. The van der Waals surface area contributed by atoms with Crippen molar-refractivity contribution in [3.05, 3.63) is 82.1 Å². The van der Waals surface area contributed by atoms with Crippen LogP contribution in [0.25, 0.3) is 16.9 Å². The molecule has 0 atom stereocenters. The van der Waals surface area contributed by atoms with Gasteiger partial charge in [0.25, 0.3) is 5.56 Å². The van der Waals surface area contributed by atoms with Gasteiger partial charge in [-0.2, -0.15) is 0 Å². The van der Waals surface area contributed by atoms with E-state index in [1.165, 1.54) is 4.57 Å². The van der Waals surface area contributed by atoms with Gasteiger partial charge in [0.15, 0.2) is 0 Å².